The number of imidazole rings is 1. The van der Waals surface area contributed by atoms with Crippen molar-refractivity contribution in [2.45, 2.75) is 32.0 Å². The van der Waals surface area contributed by atoms with Gasteiger partial charge in [0.15, 0.2) is 5.16 Å². The second-order valence-corrected chi connectivity index (χ2v) is 8.61. The van der Waals surface area contributed by atoms with Gasteiger partial charge in [-0.1, -0.05) is 36.9 Å². The highest BCUT2D eigenvalue weighted by Gasteiger charge is 2.12. The number of thioether (sulfide) groups is 1. The summed E-state index contributed by atoms with van der Waals surface area (Å²) < 4.78 is 7.37. The predicted molar refractivity (Wildman–Crippen MR) is 133 cm³/mol. The summed E-state index contributed by atoms with van der Waals surface area (Å²) in [4.78, 5) is 29.3. The molecule has 0 saturated carbocycles. The number of benzene rings is 2. The normalized spacial score (nSPS) is 10.8. The van der Waals surface area contributed by atoms with Gasteiger partial charge in [0.25, 0.3) is 5.91 Å². The second kappa shape index (κ2) is 10.9. The molecule has 4 rings (SSSR count). The van der Waals surface area contributed by atoms with Crippen molar-refractivity contribution in [3.8, 4) is 5.69 Å². The minimum Gasteiger partial charge on any atom is -0.465 e. The number of nitrogens with one attached hydrogen (secondary N) is 2. The smallest absolute Gasteiger partial charge is 0.251 e. The topological polar surface area (TPSA) is 89.2 Å². The number of aromatic nitrogens is 2. The molecule has 0 aliphatic carbocycles. The molecule has 174 valence electrons. The molecular weight excluding hydrogens is 448 g/mol. The van der Waals surface area contributed by atoms with Gasteiger partial charge in [-0.3, -0.25) is 14.2 Å². The first-order chi connectivity index (χ1) is 16.5. The van der Waals surface area contributed by atoms with E-state index in [-0.39, 0.29) is 17.6 Å². The molecule has 4 aromatic rings. The van der Waals surface area contributed by atoms with Crippen LogP contribution in [0.3, 0.4) is 0 Å². The van der Waals surface area contributed by atoms with Gasteiger partial charge in [-0.2, -0.15) is 0 Å². The number of aryl methyl sites for hydroxylation is 2. The Labute approximate surface area is 202 Å². The Morgan fingerprint density at radius 1 is 1.06 bits per heavy atom. The van der Waals surface area contributed by atoms with Crippen LogP contribution in [0.2, 0.25) is 0 Å². The van der Waals surface area contributed by atoms with E-state index in [1.165, 1.54) is 11.8 Å². The summed E-state index contributed by atoms with van der Waals surface area (Å²) in [6, 6.07) is 18.8. The van der Waals surface area contributed by atoms with Gasteiger partial charge in [0, 0.05) is 29.3 Å². The van der Waals surface area contributed by atoms with Crippen LogP contribution in [0.5, 0.6) is 0 Å². The van der Waals surface area contributed by atoms with Crippen molar-refractivity contribution >= 4 is 29.3 Å². The zero-order valence-electron chi connectivity index (χ0n) is 19.1. The van der Waals surface area contributed by atoms with Crippen LogP contribution in [0.4, 0.5) is 5.69 Å². The third kappa shape index (κ3) is 5.77. The maximum Gasteiger partial charge on any atom is 0.251 e. The van der Waals surface area contributed by atoms with Crippen LogP contribution < -0.4 is 10.6 Å². The van der Waals surface area contributed by atoms with Gasteiger partial charge >= 0.3 is 0 Å². The molecule has 2 amide bonds. The molecule has 0 unspecified atom stereocenters. The average molecular weight is 475 g/mol. The fourth-order valence-electron chi connectivity index (χ4n) is 3.48. The number of carbonyl (C=O) groups excluding carboxylic acids is 2. The molecule has 2 aromatic carbocycles. The fraction of sp³-hybridized carbons (Fsp3) is 0.192. The summed E-state index contributed by atoms with van der Waals surface area (Å²) in [5.41, 5.74) is 3.35. The Morgan fingerprint density at radius 2 is 1.85 bits per heavy atom. The van der Waals surface area contributed by atoms with Crippen molar-refractivity contribution in [3.05, 3.63) is 95.7 Å². The monoisotopic (exact) mass is 474 g/mol. The molecule has 2 N–H and O–H groups in total. The number of furan rings is 1. The number of para-hydroxylation sites is 1. The molecule has 2 heterocycles. The standard InChI is InChI=1S/C26H26N4O3S/c1-3-19-6-4-5-7-23(19)29-24(31)17-34-26-27-14-15-30(26)21-11-9-20(10-12-21)25(32)28-16-22-13-8-18(2)33-22/h4-15H,3,16-17H2,1-2H3,(H,28,32)(H,29,31). The van der Waals surface area contributed by atoms with Crippen molar-refractivity contribution in [1.82, 2.24) is 14.9 Å². The zero-order chi connectivity index (χ0) is 23.9. The second-order valence-electron chi connectivity index (χ2n) is 7.67. The van der Waals surface area contributed by atoms with E-state index in [2.05, 4.69) is 22.5 Å². The minimum absolute atomic E-state index is 0.0841. The van der Waals surface area contributed by atoms with E-state index in [9.17, 15) is 9.59 Å². The number of nitrogens with zero attached hydrogens (tertiary/aromatic N) is 2. The van der Waals surface area contributed by atoms with E-state index in [0.717, 1.165) is 29.1 Å². The molecule has 0 spiro atoms. The third-order valence-electron chi connectivity index (χ3n) is 5.24. The minimum atomic E-state index is -0.176. The van der Waals surface area contributed by atoms with Gasteiger partial charge in [0.05, 0.1) is 12.3 Å². The lowest BCUT2D eigenvalue weighted by Gasteiger charge is -2.11. The maximum absolute atomic E-state index is 12.5. The number of anilines is 1. The molecule has 2 aromatic heterocycles. The van der Waals surface area contributed by atoms with Crippen molar-refractivity contribution in [2.24, 2.45) is 0 Å². The Balaban J connectivity index is 1.35. The van der Waals surface area contributed by atoms with Crippen LogP contribution >= 0.6 is 11.8 Å². The molecule has 34 heavy (non-hydrogen) atoms. The van der Waals surface area contributed by atoms with Gasteiger partial charge in [-0.05, 0) is 61.4 Å². The van der Waals surface area contributed by atoms with E-state index in [1.807, 2.05) is 66.2 Å². The lowest BCUT2D eigenvalue weighted by molar-refractivity contribution is -0.113. The molecule has 0 fully saturated rings. The number of rotatable bonds is 9. The Hall–Kier alpha value is -3.78. The highest BCUT2D eigenvalue weighted by Crippen LogP contribution is 2.22. The van der Waals surface area contributed by atoms with Crippen LogP contribution in [0.1, 0.15) is 34.4 Å². The van der Waals surface area contributed by atoms with Crippen LogP contribution in [0.15, 0.2) is 82.6 Å². The SMILES string of the molecule is CCc1ccccc1NC(=O)CSc1nccn1-c1ccc(C(=O)NCc2ccc(C)o2)cc1. The van der Waals surface area contributed by atoms with E-state index >= 15 is 0 Å². The van der Waals surface area contributed by atoms with E-state index in [4.69, 9.17) is 4.42 Å². The summed E-state index contributed by atoms with van der Waals surface area (Å²) in [6.45, 7) is 4.26. The average Bonchev–Trinajstić information content (AvgIpc) is 3.50. The van der Waals surface area contributed by atoms with Crippen molar-refractivity contribution in [2.75, 3.05) is 11.1 Å². The summed E-state index contributed by atoms with van der Waals surface area (Å²) >= 11 is 1.36. The maximum atomic E-state index is 12.5. The lowest BCUT2D eigenvalue weighted by Crippen LogP contribution is -2.22. The Morgan fingerprint density at radius 3 is 2.59 bits per heavy atom. The molecular formula is C26H26N4O3S. The van der Waals surface area contributed by atoms with Crippen LogP contribution in [-0.4, -0.2) is 27.1 Å². The molecule has 0 radical (unpaired) electrons. The van der Waals surface area contributed by atoms with Crippen molar-refractivity contribution in [1.29, 1.82) is 0 Å². The van der Waals surface area contributed by atoms with Crippen molar-refractivity contribution in [3.63, 3.8) is 0 Å². The zero-order valence-corrected chi connectivity index (χ0v) is 19.9. The number of hydrogen-bond acceptors (Lipinski definition) is 5. The van der Waals surface area contributed by atoms with Gasteiger partial charge in [0.1, 0.15) is 11.5 Å². The summed E-state index contributed by atoms with van der Waals surface area (Å²) in [5.74, 6) is 1.50. The number of amides is 2. The van der Waals surface area contributed by atoms with Gasteiger partial charge < -0.3 is 15.1 Å². The van der Waals surface area contributed by atoms with E-state index < -0.39 is 0 Å². The van der Waals surface area contributed by atoms with E-state index in [1.54, 1.807) is 18.3 Å². The number of hydrogen-bond donors (Lipinski definition) is 2. The predicted octanol–water partition coefficient (Wildman–Crippen LogP) is 5.00. The number of carbonyl (C=O) groups is 2. The quantitative estimate of drug-likeness (QED) is 0.333. The fourth-order valence-corrected chi connectivity index (χ4v) is 4.26. The third-order valence-corrected chi connectivity index (χ3v) is 6.21. The first-order valence-corrected chi connectivity index (χ1v) is 12.0. The molecule has 0 aliphatic rings. The van der Waals surface area contributed by atoms with Crippen LogP contribution in [-0.2, 0) is 17.8 Å². The molecule has 0 aliphatic heterocycles. The molecule has 0 bridgehead atoms. The summed E-state index contributed by atoms with van der Waals surface area (Å²) in [7, 11) is 0. The van der Waals surface area contributed by atoms with Crippen LogP contribution in [0.25, 0.3) is 5.69 Å². The Bertz CT molecular complexity index is 1280. The first kappa shape index (κ1) is 23.4. The van der Waals surface area contributed by atoms with Crippen molar-refractivity contribution < 1.29 is 14.0 Å². The summed E-state index contributed by atoms with van der Waals surface area (Å²) in [5, 5.41) is 6.53. The van der Waals surface area contributed by atoms with Gasteiger partial charge in [-0.15, -0.1) is 0 Å². The lowest BCUT2D eigenvalue weighted by atomic mass is 10.1. The van der Waals surface area contributed by atoms with Gasteiger partial charge in [-0.25, -0.2) is 4.98 Å². The largest absolute Gasteiger partial charge is 0.465 e. The van der Waals surface area contributed by atoms with Gasteiger partial charge in [0.2, 0.25) is 5.91 Å². The first-order valence-electron chi connectivity index (χ1n) is 11.0. The molecule has 8 heteroatoms. The van der Waals surface area contributed by atoms with Crippen LogP contribution in [0, 0.1) is 6.92 Å². The highest BCUT2D eigenvalue weighted by atomic mass is 32.2. The Kier molecular flexibility index (Phi) is 7.49. The molecule has 0 saturated heterocycles. The molecule has 0 atom stereocenters. The molecule has 7 nitrogen and oxygen atoms in total. The summed E-state index contributed by atoms with van der Waals surface area (Å²) in [6.07, 6.45) is 4.38. The van der Waals surface area contributed by atoms with E-state index in [0.29, 0.717) is 23.0 Å². The highest BCUT2D eigenvalue weighted by molar-refractivity contribution is 7.99.